The highest BCUT2D eigenvalue weighted by atomic mass is 127. The number of nitrogens with one attached hydrogen (secondary N) is 1. The van der Waals surface area contributed by atoms with E-state index in [0.29, 0.717) is 0 Å². The maximum atomic E-state index is 12.0. The number of guanidine groups is 1. The second kappa shape index (κ2) is 12.7. The summed E-state index contributed by atoms with van der Waals surface area (Å²) < 4.78 is 0. The molecular weight excluding hydrogens is 497 g/mol. The summed E-state index contributed by atoms with van der Waals surface area (Å²) in [6.07, 6.45) is 7.87. The van der Waals surface area contributed by atoms with Crippen LogP contribution in [0.1, 0.15) is 37.0 Å². The number of halogens is 1. The SMILES string of the molecule is CN(C)C(=O)CN=C(NCCc1cccs1)N1CCN(C2CCCCC2)CC1.I. The van der Waals surface area contributed by atoms with Crippen molar-refractivity contribution in [3.8, 4) is 0 Å². The lowest BCUT2D eigenvalue weighted by Gasteiger charge is -2.41. The number of rotatable bonds is 6. The summed E-state index contributed by atoms with van der Waals surface area (Å²) in [5, 5.41) is 5.63. The van der Waals surface area contributed by atoms with Gasteiger partial charge in [0.2, 0.25) is 5.91 Å². The third-order valence-corrected chi connectivity index (χ3v) is 6.74. The van der Waals surface area contributed by atoms with Crippen molar-refractivity contribution in [2.24, 2.45) is 4.99 Å². The van der Waals surface area contributed by atoms with Crippen LogP contribution in [-0.4, -0.2) is 86.0 Å². The number of carbonyl (C=O) groups excluding carboxylic acids is 1. The van der Waals surface area contributed by atoms with Crippen LogP contribution in [0.25, 0.3) is 0 Å². The molecule has 0 bridgehead atoms. The molecular formula is C21H36IN5OS. The van der Waals surface area contributed by atoms with Gasteiger partial charge >= 0.3 is 0 Å². The largest absolute Gasteiger partial charge is 0.356 e. The summed E-state index contributed by atoms with van der Waals surface area (Å²) in [6, 6.07) is 5.04. The van der Waals surface area contributed by atoms with Gasteiger partial charge in [-0.2, -0.15) is 0 Å². The van der Waals surface area contributed by atoms with Crippen molar-refractivity contribution in [1.29, 1.82) is 0 Å². The van der Waals surface area contributed by atoms with Gasteiger partial charge in [0.05, 0.1) is 0 Å². The molecule has 1 aromatic rings. The third-order valence-electron chi connectivity index (χ3n) is 5.80. The van der Waals surface area contributed by atoms with Gasteiger partial charge < -0.3 is 15.1 Å². The standard InChI is InChI=1S/C21H35N5OS.HI/c1-24(2)20(27)17-23-21(22-11-10-19-9-6-16-28-19)26-14-12-25(13-15-26)18-7-4-3-5-8-18;/h6,9,16,18H,3-5,7-8,10-15,17H2,1-2H3,(H,22,23);1H. The number of likely N-dealkylation sites (N-methyl/N-ethyl adjacent to an activating group) is 1. The second-order valence-corrected chi connectivity index (χ2v) is 9.03. The second-order valence-electron chi connectivity index (χ2n) is 8.00. The van der Waals surface area contributed by atoms with Crippen molar-refractivity contribution in [2.75, 3.05) is 53.4 Å². The predicted octanol–water partition coefficient (Wildman–Crippen LogP) is 2.89. The van der Waals surface area contributed by atoms with E-state index in [1.807, 2.05) is 0 Å². The Labute approximate surface area is 196 Å². The number of nitrogens with zero attached hydrogens (tertiary/aromatic N) is 4. The van der Waals surface area contributed by atoms with Gasteiger partial charge in [-0.05, 0) is 30.7 Å². The molecule has 1 amide bonds. The van der Waals surface area contributed by atoms with Crippen LogP contribution in [0.15, 0.2) is 22.5 Å². The number of hydrogen-bond donors (Lipinski definition) is 1. The average Bonchev–Trinajstić information content (AvgIpc) is 3.24. The predicted molar refractivity (Wildman–Crippen MR) is 132 cm³/mol. The first kappa shape index (κ1) is 24.4. The Morgan fingerprint density at radius 1 is 1.21 bits per heavy atom. The molecule has 1 saturated carbocycles. The van der Waals surface area contributed by atoms with Crippen LogP contribution >= 0.6 is 35.3 Å². The van der Waals surface area contributed by atoms with Gasteiger partial charge in [0.25, 0.3) is 0 Å². The lowest BCUT2D eigenvalue weighted by atomic mass is 9.94. The molecule has 1 N–H and O–H groups in total. The highest BCUT2D eigenvalue weighted by Crippen LogP contribution is 2.23. The van der Waals surface area contributed by atoms with Crippen LogP contribution in [-0.2, 0) is 11.2 Å². The zero-order valence-electron chi connectivity index (χ0n) is 17.8. The molecule has 1 aliphatic carbocycles. The normalized spacial score (nSPS) is 19.0. The lowest BCUT2D eigenvalue weighted by Crippen LogP contribution is -2.55. The van der Waals surface area contributed by atoms with E-state index in [1.54, 1.807) is 30.3 Å². The van der Waals surface area contributed by atoms with Crippen LogP contribution in [0, 0.1) is 0 Å². The van der Waals surface area contributed by atoms with Gasteiger partial charge in [-0.15, -0.1) is 35.3 Å². The average molecular weight is 534 g/mol. The Morgan fingerprint density at radius 3 is 2.55 bits per heavy atom. The highest BCUT2D eigenvalue weighted by molar-refractivity contribution is 14.0. The van der Waals surface area contributed by atoms with Crippen LogP contribution in [0.3, 0.4) is 0 Å². The first-order valence-corrected chi connectivity index (χ1v) is 11.5. The molecule has 0 unspecified atom stereocenters. The molecule has 3 rings (SSSR count). The Kier molecular flexibility index (Phi) is 10.7. The zero-order valence-corrected chi connectivity index (χ0v) is 21.0. The molecule has 1 aliphatic heterocycles. The van der Waals surface area contributed by atoms with Gasteiger partial charge in [0, 0.05) is 57.7 Å². The van der Waals surface area contributed by atoms with E-state index in [0.717, 1.165) is 51.1 Å². The number of piperazine rings is 1. The Bertz CT molecular complexity index is 623. The minimum Gasteiger partial charge on any atom is -0.356 e. The fraction of sp³-hybridized carbons (Fsp3) is 0.714. The van der Waals surface area contributed by atoms with Crippen LogP contribution in [0.2, 0.25) is 0 Å². The number of carbonyl (C=O) groups is 1. The van der Waals surface area contributed by atoms with E-state index < -0.39 is 0 Å². The smallest absolute Gasteiger partial charge is 0.243 e. The monoisotopic (exact) mass is 533 g/mol. The highest BCUT2D eigenvalue weighted by Gasteiger charge is 2.26. The summed E-state index contributed by atoms with van der Waals surface area (Å²) in [5.74, 6) is 0.924. The number of hydrogen-bond acceptors (Lipinski definition) is 4. The van der Waals surface area contributed by atoms with Crippen LogP contribution in [0.4, 0.5) is 0 Å². The van der Waals surface area contributed by atoms with Crippen molar-refractivity contribution in [3.63, 3.8) is 0 Å². The topological polar surface area (TPSA) is 51.2 Å². The molecule has 6 nitrogen and oxygen atoms in total. The summed E-state index contributed by atoms with van der Waals surface area (Å²) in [4.78, 5) is 24.6. The van der Waals surface area contributed by atoms with Gasteiger partial charge in [0.1, 0.15) is 6.54 Å². The maximum absolute atomic E-state index is 12.0. The maximum Gasteiger partial charge on any atom is 0.243 e. The molecule has 1 aromatic heterocycles. The zero-order chi connectivity index (χ0) is 19.8. The van der Waals surface area contributed by atoms with Crippen molar-refractivity contribution in [1.82, 2.24) is 20.0 Å². The van der Waals surface area contributed by atoms with Crippen molar-refractivity contribution in [3.05, 3.63) is 22.4 Å². The van der Waals surface area contributed by atoms with Gasteiger partial charge in [-0.1, -0.05) is 25.3 Å². The molecule has 2 aliphatic rings. The van der Waals surface area contributed by atoms with Gasteiger partial charge in [-0.25, -0.2) is 4.99 Å². The van der Waals surface area contributed by atoms with E-state index in [9.17, 15) is 4.79 Å². The minimum atomic E-state index is 0. The lowest BCUT2D eigenvalue weighted by molar-refractivity contribution is -0.127. The molecule has 0 spiro atoms. The van der Waals surface area contributed by atoms with Crippen molar-refractivity contribution in [2.45, 2.75) is 44.6 Å². The molecule has 0 atom stereocenters. The quantitative estimate of drug-likeness (QED) is 0.347. The number of thiophene rings is 1. The summed E-state index contributed by atoms with van der Waals surface area (Å²) in [6.45, 7) is 5.21. The first-order chi connectivity index (χ1) is 13.6. The fourth-order valence-electron chi connectivity index (χ4n) is 4.05. The molecule has 1 saturated heterocycles. The molecule has 2 fully saturated rings. The first-order valence-electron chi connectivity index (χ1n) is 10.6. The van der Waals surface area contributed by atoms with Crippen molar-refractivity contribution < 1.29 is 4.79 Å². The van der Waals surface area contributed by atoms with Gasteiger partial charge in [-0.3, -0.25) is 9.69 Å². The summed E-state index contributed by atoms with van der Waals surface area (Å²) >= 11 is 1.79. The van der Waals surface area contributed by atoms with Crippen LogP contribution in [0.5, 0.6) is 0 Å². The molecule has 29 heavy (non-hydrogen) atoms. The summed E-state index contributed by atoms with van der Waals surface area (Å²) in [5.41, 5.74) is 0. The number of aliphatic imine (C=N–C) groups is 1. The fourth-order valence-corrected chi connectivity index (χ4v) is 4.76. The third kappa shape index (κ3) is 7.71. The Hall–Kier alpha value is -0.870. The molecule has 0 radical (unpaired) electrons. The Balaban J connectivity index is 0.00000300. The number of amides is 1. The van der Waals surface area contributed by atoms with Gasteiger partial charge in [0.15, 0.2) is 5.96 Å². The molecule has 0 aromatic carbocycles. The molecule has 2 heterocycles. The van der Waals surface area contributed by atoms with E-state index in [4.69, 9.17) is 0 Å². The Morgan fingerprint density at radius 2 is 1.93 bits per heavy atom. The van der Waals surface area contributed by atoms with E-state index in [2.05, 4.69) is 37.6 Å². The van der Waals surface area contributed by atoms with E-state index in [1.165, 1.54) is 37.0 Å². The van der Waals surface area contributed by atoms with Crippen LogP contribution < -0.4 is 5.32 Å². The minimum absolute atomic E-state index is 0. The van der Waals surface area contributed by atoms with E-state index in [-0.39, 0.29) is 36.4 Å². The molecule has 164 valence electrons. The molecule has 8 heteroatoms. The van der Waals surface area contributed by atoms with Crippen molar-refractivity contribution >= 4 is 47.2 Å². The summed E-state index contributed by atoms with van der Waals surface area (Å²) in [7, 11) is 3.56. The van der Waals surface area contributed by atoms with E-state index >= 15 is 0 Å².